The van der Waals surface area contributed by atoms with E-state index in [0.29, 0.717) is 17.2 Å². The van der Waals surface area contributed by atoms with Gasteiger partial charge in [-0.05, 0) is 38.1 Å². The van der Waals surface area contributed by atoms with Crippen LogP contribution in [0.25, 0.3) is 0 Å². The van der Waals surface area contributed by atoms with Crippen LogP contribution in [0.3, 0.4) is 0 Å². The molecule has 1 atom stereocenters. The number of para-hydroxylation sites is 1. The number of fused-ring (bicyclic) bond motifs is 1. The fourth-order valence-electron chi connectivity index (χ4n) is 2.80. The van der Waals surface area contributed by atoms with Crippen molar-refractivity contribution < 1.29 is 13.2 Å². The summed E-state index contributed by atoms with van der Waals surface area (Å²) < 4.78 is 34.0. The van der Waals surface area contributed by atoms with Crippen LogP contribution in [0.2, 0.25) is 5.02 Å². The van der Waals surface area contributed by atoms with Crippen LogP contribution in [-0.4, -0.2) is 14.0 Å². The van der Waals surface area contributed by atoms with Crippen LogP contribution in [0.4, 0.5) is 0 Å². The summed E-state index contributed by atoms with van der Waals surface area (Å²) in [5, 5.41) is 0.389. The van der Waals surface area contributed by atoms with Gasteiger partial charge in [0.25, 0.3) is 0 Å². The maximum absolute atomic E-state index is 12.7. The first-order valence-electron chi connectivity index (χ1n) is 7.33. The molecule has 0 amide bonds. The maximum Gasteiger partial charge on any atom is 0.241 e. The van der Waals surface area contributed by atoms with Crippen molar-refractivity contribution in [3.8, 4) is 5.75 Å². The van der Waals surface area contributed by atoms with Crippen LogP contribution in [0.15, 0.2) is 53.4 Å². The molecule has 2 aromatic rings. The minimum Gasteiger partial charge on any atom is -0.487 e. The van der Waals surface area contributed by atoms with Crippen molar-refractivity contribution in [1.82, 2.24) is 4.72 Å². The highest BCUT2D eigenvalue weighted by Gasteiger charge is 2.35. The van der Waals surface area contributed by atoms with Crippen molar-refractivity contribution in [1.29, 1.82) is 0 Å². The normalized spacial score (nSPS) is 19.7. The van der Waals surface area contributed by atoms with Gasteiger partial charge in [-0.3, -0.25) is 0 Å². The molecule has 0 radical (unpaired) electrons. The van der Waals surface area contributed by atoms with Crippen molar-refractivity contribution in [2.45, 2.75) is 36.8 Å². The number of nitrogens with one attached hydrogen (secondary N) is 1. The molecule has 2 aromatic carbocycles. The molecule has 23 heavy (non-hydrogen) atoms. The van der Waals surface area contributed by atoms with E-state index >= 15 is 0 Å². The van der Waals surface area contributed by atoms with E-state index in [4.69, 9.17) is 16.3 Å². The summed E-state index contributed by atoms with van der Waals surface area (Å²) in [5.74, 6) is 0.711. The summed E-state index contributed by atoms with van der Waals surface area (Å²) >= 11 is 5.91. The van der Waals surface area contributed by atoms with Gasteiger partial charge in [0.15, 0.2) is 0 Å². The Hall–Kier alpha value is -1.56. The number of rotatable bonds is 3. The Kier molecular flexibility index (Phi) is 4.12. The SMILES string of the molecule is CC1(C)CC(NS(=O)(=O)c2cccc(Cl)c2)c2ccccc2O1. The summed E-state index contributed by atoms with van der Waals surface area (Å²) in [5.41, 5.74) is 0.396. The monoisotopic (exact) mass is 351 g/mol. The Bertz CT molecular complexity index is 833. The van der Waals surface area contributed by atoms with Crippen molar-refractivity contribution in [2.24, 2.45) is 0 Å². The average Bonchev–Trinajstić information content (AvgIpc) is 2.45. The highest BCUT2D eigenvalue weighted by atomic mass is 35.5. The Morgan fingerprint density at radius 1 is 1.17 bits per heavy atom. The van der Waals surface area contributed by atoms with Gasteiger partial charge in [-0.2, -0.15) is 0 Å². The number of sulfonamides is 1. The predicted octanol–water partition coefficient (Wildman–Crippen LogP) is 3.92. The molecule has 0 saturated carbocycles. The fourth-order valence-corrected chi connectivity index (χ4v) is 4.31. The predicted molar refractivity (Wildman–Crippen MR) is 90.3 cm³/mol. The largest absolute Gasteiger partial charge is 0.487 e. The zero-order chi connectivity index (χ0) is 16.7. The first-order valence-corrected chi connectivity index (χ1v) is 9.19. The van der Waals surface area contributed by atoms with Crippen molar-refractivity contribution in [3.05, 3.63) is 59.1 Å². The lowest BCUT2D eigenvalue weighted by molar-refractivity contribution is 0.0702. The first-order chi connectivity index (χ1) is 10.8. The molecule has 1 N–H and O–H groups in total. The molecular formula is C17H18ClNO3S. The molecule has 1 aliphatic rings. The second-order valence-corrected chi connectivity index (χ2v) is 8.39. The standard InChI is InChI=1S/C17H18ClNO3S/c1-17(2)11-15(14-8-3-4-9-16(14)22-17)19-23(20,21)13-7-5-6-12(18)10-13/h3-10,15,19H,11H2,1-2H3. The number of hydrogen-bond donors (Lipinski definition) is 1. The van der Waals surface area contributed by atoms with Crippen molar-refractivity contribution >= 4 is 21.6 Å². The topological polar surface area (TPSA) is 55.4 Å². The maximum atomic E-state index is 12.7. The lowest BCUT2D eigenvalue weighted by Gasteiger charge is -2.37. The highest BCUT2D eigenvalue weighted by molar-refractivity contribution is 7.89. The van der Waals surface area contributed by atoms with E-state index in [9.17, 15) is 8.42 Å². The molecule has 122 valence electrons. The van der Waals surface area contributed by atoms with Crippen LogP contribution < -0.4 is 9.46 Å². The van der Waals surface area contributed by atoms with Gasteiger partial charge in [-0.25, -0.2) is 13.1 Å². The van der Waals surface area contributed by atoms with E-state index in [0.717, 1.165) is 5.56 Å². The minimum absolute atomic E-state index is 0.159. The Morgan fingerprint density at radius 3 is 2.65 bits per heavy atom. The molecule has 6 heteroatoms. The lowest BCUT2D eigenvalue weighted by atomic mass is 9.90. The number of ether oxygens (including phenoxy) is 1. The summed E-state index contributed by atoms with van der Waals surface area (Å²) in [6, 6.07) is 13.4. The molecule has 0 aliphatic carbocycles. The first kappa shape index (κ1) is 16.3. The van der Waals surface area contributed by atoms with Gasteiger partial charge in [0.1, 0.15) is 11.4 Å². The van der Waals surface area contributed by atoms with E-state index < -0.39 is 15.6 Å². The van der Waals surface area contributed by atoms with E-state index in [-0.39, 0.29) is 10.9 Å². The molecule has 0 fully saturated rings. The number of halogens is 1. The van der Waals surface area contributed by atoms with Gasteiger partial charge >= 0.3 is 0 Å². The van der Waals surface area contributed by atoms with Crippen molar-refractivity contribution in [3.63, 3.8) is 0 Å². The number of hydrogen-bond acceptors (Lipinski definition) is 3. The molecule has 0 spiro atoms. The second-order valence-electron chi connectivity index (χ2n) is 6.23. The van der Waals surface area contributed by atoms with Gasteiger partial charge in [0.05, 0.1) is 10.9 Å². The van der Waals surface area contributed by atoms with Gasteiger partial charge in [-0.15, -0.1) is 0 Å². The summed E-state index contributed by atoms with van der Waals surface area (Å²) in [4.78, 5) is 0.159. The molecule has 0 saturated heterocycles. The molecule has 0 aromatic heterocycles. The van der Waals surface area contributed by atoms with E-state index in [1.165, 1.54) is 12.1 Å². The third-order valence-corrected chi connectivity index (χ3v) is 5.48. The van der Waals surface area contributed by atoms with Crippen LogP contribution in [0.1, 0.15) is 31.9 Å². The third-order valence-electron chi connectivity index (χ3n) is 3.78. The zero-order valence-corrected chi connectivity index (χ0v) is 14.5. The van der Waals surface area contributed by atoms with E-state index in [1.807, 2.05) is 38.1 Å². The van der Waals surface area contributed by atoms with Crippen molar-refractivity contribution in [2.75, 3.05) is 0 Å². The van der Waals surface area contributed by atoms with Gasteiger partial charge in [0.2, 0.25) is 10.0 Å². The van der Waals surface area contributed by atoms with Crippen LogP contribution in [0, 0.1) is 0 Å². The Labute approximate surface area is 141 Å². The highest BCUT2D eigenvalue weighted by Crippen LogP contribution is 2.39. The zero-order valence-electron chi connectivity index (χ0n) is 12.9. The number of benzene rings is 2. The molecule has 1 aliphatic heterocycles. The van der Waals surface area contributed by atoms with E-state index in [1.54, 1.807) is 12.1 Å². The fraction of sp³-hybridized carbons (Fsp3) is 0.294. The second kappa shape index (κ2) is 5.82. The lowest BCUT2D eigenvalue weighted by Crippen LogP contribution is -2.41. The molecular weight excluding hydrogens is 334 g/mol. The molecule has 1 unspecified atom stereocenters. The Morgan fingerprint density at radius 2 is 1.91 bits per heavy atom. The minimum atomic E-state index is -3.67. The summed E-state index contributed by atoms with van der Waals surface area (Å²) in [6.07, 6.45) is 0.545. The smallest absolute Gasteiger partial charge is 0.241 e. The summed E-state index contributed by atoms with van der Waals surface area (Å²) in [6.45, 7) is 3.90. The third kappa shape index (κ3) is 3.52. The Balaban J connectivity index is 1.96. The average molecular weight is 352 g/mol. The van der Waals surface area contributed by atoms with Gasteiger partial charge in [-0.1, -0.05) is 35.9 Å². The van der Waals surface area contributed by atoms with Crippen LogP contribution >= 0.6 is 11.6 Å². The molecule has 0 bridgehead atoms. The van der Waals surface area contributed by atoms with Gasteiger partial charge in [0, 0.05) is 17.0 Å². The quantitative estimate of drug-likeness (QED) is 0.911. The van der Waals surface area contributed by atoms with Crippen LogP contribution in [0.5, 0.6) is 5.75 Å². The molecule has 3 rings (SSSR count). The van der Waals surface area contributed by atoms with Gasteiger partial charge < -0.3 is 4.74 Å². The summed E-state index contributed by atoms with van der Waals surface area (Å²) in [7, 11) is -3.67. The molecule has 4 nitrogen and oxygen atoms in total. The molecule has 1 heterocycles. The van der Waals surface area contributed by atoms with E-state index in [2.05, 4.69) is 4.72 Å². The van der Waals surface area contributed by atoms with Crippen LogP contribution in [-0.2, 0) is 10.0 Å².